The van der Waals surface area contributed by atoms with Crippen LogP contribution in [0.15, 0.2) is 24.3 Å². The van der Waals surface area contributed by atoms with Crippen LogP contribution < -0.4 is 0 Å². The molecule has 0 fully saturated rings. The van der Waals surface area contributed by atoms with Gasteiger partial charge in [0, 0.05) is 22.3 Å². The molecule has 0 aliphatic carbocycles. The summed E-state index contributed by atoms with van der Waals surface area (Å²) in [4.78, 5) is 10.6. The van der Waals surface area contributed by atoms with Gasteiger partial charge >= 0.3 is 5.97 Å². The van der Waals surface area contributed by atoms with E-state index in [1.54, 1.807) is 24.3 Å². The van der Waals surface area contributed by atoms with E-state index in [9.17, 15) is 9.00 Å². The van der Waals surface area contributed by atoms with E-state index in [0.717, 1.165) is 0 Å². The molecule has 5 heteroatoms. The van der Waals surface area contributed by atoms with Gasteiger partial charge in [-0.25, -0.2) is 0 Å². The first-order valence-electron chi connectivity index (χ1n) is 5.10. The normalized spacial score (nSPS) is 13.6. The topological polar surface area (TPSA) is 78.2 Å². The average Bonchev–Trinajstić information content (AvgIpc) is 2.29. The maximum absolute atomic E-state index is 11.7. The van der Waals surface area contributed by atoms with Gasteiger partial charge in [0.25, 0.3) is 0 Å². The Labute approximate surface area is 102 Å². The first kappa shape index (κ1) is 13.4. The quantitative estimate of drug-likeness (QED) is 0.860. The highest BCUT2D eigenvalue weighted by molar-refractivity contribution is 7.84. The highest BCUT2D eigenvalue weighted by atomic mass is 32.2. The second kappa shape index (κ2) is 6.16. The van der Waals surface area contributed by atoms with Crippen LogP contribution >= 0.6 is 0 Å². The Bertz CT molecular complexity index is 479. The first-order chi connectivity index (χ1) is 8.04. The van der Waals surface area contributed by atoms with Gasteiger partial charge in [0.05, 0.1) is 17.6 Å². The molecule has 0 aromatic heterocycles. The molecule has 0 amide bonds. The number of carboxylic acid groups (broad SMARTS) is 1. The summed E-state index contributed by atoms with van der Waals surface area (Å²) >= 11 is 0. The maximum Gasteiger partial charge on any atom is 0.307 e. The van der Waals surface area contributed by atoms with E-state index in [0.29, 0.717) is 11.1 Å². The van der Waals surface area contributed by atoms with E-state index in [-0.39, 0.29) is 11.5 Å². The summed E-state index contributed by atoms with van der Waals surface area (Å²) in [5.41, 5.74) is 1.19. The Kier molecular flexibility index (Phi) is 4.85. The fourth-order valence-electron chi connectivity index (χ4n) is 1.34. The zero-order chi connectivity index (χ0) is 12.8. The second-order valence-electron chi connectivity index (χ2n) is 3.76. The fraction of sp³-hybridized carbons (Fsp3) is 0.333. The molecule has 90 valence electrons. The Morgan fingerprint density at radius 2 is 2.18 bits per heavy atom. The Morgan fingerprint density at radius 3 is 2.76 bits per heavy atom. The largest absolute Gasteiger partial charge is 0.481 e. The molecule has 0 heterocycles. The molecule has 2 unspecified atom stereocenters. The molecule has 0 saturated carbocycles. The first-order valence-corrected chi connectivity index (χ1v) is 6.59. The van der Waals surface area contributed by atoms with Crippen LogP contribution in [0.1, 0.15) is 18.1 Å². The predicted molar refractivity (Wildman–Crippen MR) is 64.7 cm³/mol. The lowest BCUT2D eigenvalue weighted by Gasteiger charge is -2.07. The number of nitrogens with zero attached hydrogens (tertiary/aromatic N) is 1. The SMILES string of the molecule is CC(CS(=O)Cc1ccccc1C#N)C(=O)O. The predicted octanol–water partition coefficient (Wildman–Crippen LogP) is 1.53. The van der Waals surface area contributed by atoms with Crippen molar-refractivity contribution in [2.45, 2.75) is 12.7 Å². The minimum Gasteiger partial charge on any atom is -0.481 e. The van der Waals surface area contributed by atoms with Gasteiger partial charge in [0.15, 0.2) is 0 Å². The number of benzene rings is 1. The summed E-state index contributed by atoms with van der Waals surface area (Å²) in [7, 11) is -1.27. The molecular weight excluding hydrogens is 238 g/mol. The van der Waals surface area contributed by atoms with Gasteiger partial charge in [-0.15, -0.1) is 0 Å². The lowest BCUT2D eigenvalue weighted by Crippen LogP contribution is -2.18. The molecule has 17 heavy (non-hydrogen) atoms. The maximum atomic E-state index is 11.7. The Hall–Kier alpha value is -1.67. The highest BCUT2D eigenvalue weighted by Crippen LogP contribution is 2.11. The third-order valence-corrected chi connectivity index (χ3v) is 3.82. The van der Waals surface area contributed by atoms with Gasteiger partial charge in [0.2, 0.25) is 0 Å². The van der Waals surface area contributed by atoms with Crippen LogP contribution in [-0.4, -0.2) is 21.0 Å². The molecule has 4 nitrogen and oxygen atoms in total. The third kappa shape index (κ3) is 4.00. The number of rotatable bonds is 5. The lowest BCUT2D eigenvalue weighted by atomic mass is 10.1. The standard InChI is InChI=1S/C12H13NO3S/c1-9(12(14)15)7-17(16)8-11-5-3-2-4-10(11)6-13/h2-5,9H,7-8H2,1H3,(H,14,15). The molecule has 1 aromatic carbocycles. The summed E-state index contributed by atoms with van der Waals surface area (Å²) in [6, 6.07) is 8.94. The van der Waals surface area contributed by atoms with E-state index >= 15 is 0 Å². The third-order valence-electron chi connectivity index (χ3n) is 2.31. The van der Waals surface area contributed by atoms with Gasteiger partial charge < -0.3 is 5.11 Å². The second-order valence-corrected chi connectivity index (χ2v) is 5.26. The van der Waals surface area contributed by atoms with Crippen molar-refractivity contribution in [2.75, 3.05) is 5.75 Å². The minimum absolute atomic E-state index is 0.106. The lowest BCUT2D eigenvalue weighted by molar-refractivity contribution is -0.140. The van der Waals surface area contributed by atoms with E-state index in [1.165, 1.54) is 6.92 Å². The molecule has 0 bridgehead atoms. The van der Waals surface area contributed by atoms with Crippen LogP contribution in [0.2, 0.25) is 0 Å². The molecule has 1 N–H and O–H groups in total. The van der Waals surface area contributed by atoms with E-state index in [2.05, 4.69) is 0 Å². The van der Waals surface area contributed by atoms with Crippen molar-refractivity contribution in [1.29, 1.82) is 5.26 Å². The Balaban J connectivity index is 2.69. The van der Waals surface area contributed by atoms with Crippen molar-refractivity contribution in [2.24, 2.45) is 5.92 Å². The molecule has 0 radical (unpaired) electrons. The Morgan fingerprint density at radius 1 is 1.53 bits per heavy atom. The van der Waals surface area contributed by atoms with Gasteiger partial charge in [-0.05, 0) is 11.6 Å². The van der Waals surface area contributed by atoms with Crippen molar-refractivity contribution in [3.8, 4) is 6.07 Å². The molecule has 0 spiro atoms. The summed E-state index contributed by atoms with van der Waals surface area (Å²) in [5.74, 6) is -1.26. The molecule has 0 aliphatic heterocycles. The molecular formula is C12H13NO3S. The summed E-state index contributed by atoms with van der Waals surface area (Å²) in [6.45, 7) is 1.52. The van der Waals surface area contributed by atoms with E-state index in [1.807, 2.05) is 6.07 Å². The van der Waals surface area contributed by atoms with Crippen LogP contribution in [0.3, 0.4) is 0 Å². The van der Waals surface area contributed by atoms with Gasteiger partial charge in [-0.1, -0.05) is 25.1 Å². The summed E-state index contributed by atoms with van der Waals surface area (Å²) in [6.07, 6.45) is 0. The summed E-state index contributed by atoms with van der Waals surface area (Å²) in [5, 5.41) is 17.6. The zero-order valence-electron chi connectivity index (χ0n) is 9.42. The van der Waals surface area contributed by atoms with Crippen LogP contribution in [0.4, 0.5) is 0 Å². The number of aliphatic carboxylic acids is 1. The molecule has 1 aromatic rings. The molecule has 0 saturated heterocycles. The van der Waals surface area contributed by atoms with Crippen molar-refractivity contribution >= 4 is 16.8 Å². The number of hydrogen-bond donors (Lipinski definition) is 1. The minimum atomic E-state index is -1.27. The van der Waals surface area contributed by atoms with Crippen molar-refractivity contribution in [3.05, 3.63) is 35.4 Å². The van der Waals surface area contributed by atoms with E-state index in [4.69, 9.17) is 10.4 Å². The molecule has 2 atom stereocenters. The van der Waals surface area contributed by atoms with Gasteiger partial charge in [-0.2, -0.15) is 5.26 Å². The van der Waals surface area contributed by atoms with E-state index < -0.39 is 22.7 Å². The monoisotopic (exact) mass is 251 g/mol. The van der Waals surface area contributed by atoms with Crippen LogP contribution in [0, 0.1) is 17.2 Å². The number of carbonyl (C=O) groups is 1. The van der Waals surface area contributed by atoms with Crippen LogP contribution in [0.25, 0.3) is 0 Å². The van der Waals surface area contributed by atoms with Crippen molar-refractivity contribution < 1.29 is 14.1 Å². The number of nitriles is 1. The molecule has 0 aliphatic rings. The van der Waals surface area contributed by atoms with Crippen LogP contribution in [-0.2, 0) is 21.3 Å². The zero-order valence-corrected chi connectivity index (χ0v) is 10.2. The van der Waals surface area contributed by atoms with Gasteiger partial charge in [0.1, 0.15) is 0 Å². The number of carboxylic acids is 1. The average molecular weight is 251 g/mol. The fourth-order valence-corrected chi connectivity index (χ4v) is 2.75. The van der Waals surface area contributed by atoms with Gasteiger partial charge in [-0.3, -0.25) is 9.00 Å². The van der Waals surface area contributed by atoms with Crippen molar-refractivity contribution in [3.63, 3.8) is 0 Å². The number of hydrogen-bond acceptors (Lipinski definition) is 3. The van der Waals surface area contributed by atoms with Crippen molar-refractivity contribution in [1.82, 2.24) is 0 Å². The van der Waals surface area contributed by atoms with Crippen LogP contribution in [0.5, 0.6) is 0 Å². The highest BCUT2D eigenvalue weighted by Gasteiger charge is 2.15. The molecule has 1 rings (SSSR count). The summed E-state index contributed by atoms with van der Waals surface area (Å²) < 4.78 is 11.7. The smallest absolute Gasteiger partial charge is 0.307 e.